The normalized spacial score (nSPS) is 21.1. The van der Waals surface area contributed by atoms with Gasteiger partial charge in [0.2, 0.25) is 0 Å². The molecule has 0 bridgehead atoms. The van der Waals surface area contributed by atoms with E-state index in [1.165, 1.54) is 19.9 Å². The average Bonchev–Trinajstić information content (AvgIpc) is 2.21. The monoisotopic (exact) mass is 258 g/mol. The van der Waals surface area contributed by atoms with Crippen LogP contribution < -0.4 is 10.0 Å². The second kappa shape index (κ2) is 3.19. The Hall–Kier alpha value is -1.63. The zero-order chi connectivity index (χ0) is 13.0. The van der Waals surface area contributed by atoms with Gasteiger partial charge in [-0.25, -0.2) is 17.1 Å². The maximum atomic E-state index is 12.8. The molecule has 1 aromatic carbocycles. The highest BCUT2D eigenvalue weighted by Crippen LogP contribution is 2.41. The Labute approximate surface area is 98.1 Å². The zero-order valence-electron chi connectivity index (χ0n) is 9.27. The molecule has 2 rings (SSSR count). The van der Waals surface area contributed by atoms with Crippen molar-refractivity contribution in [2.75, 3.05) is 10.0 Å². The average molecular weight is 258 g/mol. The van der Waals surface area contributed by atoms with Gasteiger partial charge in [0, 0.05) is 0 Å². The van der Waals surface area contributed by atoms with E-state index in [1.807, 2.05) is 0 Å². The Bertz CT molecular complexity index is 610. The molecule has 1 aliphatic heterocycles. The van der Waals surface area contributed by atoms with Crippen molar-refractivity contribution in [2.45, 2.75) is 18.6 Å². The van der Waals surface area contributed by atoms with Crippen molar-refractivity contribution in [1.82, 2.24) is 0 Å². The van der Waals surface area contributed by atoms with Gasteiger partial charge in [-0.1, -0.05) is 0 Å². The van der Waals surface area contributed by atoms with Crippen LogP contribution in [0.15, 0.2) is 18.2 Å². The molecule has 1 saturated heterocycles. The fourth-order valence-corrected chi connectivity index (χ4v) is 3.11. The first-order valence-electron chi connectivity index (χ1n) is 4.84. The van der Waals surface area contributed by atoms with Crippen LogP contribution in [0.3, 0.4) is 0 Å². The van der Waals surface area contributed by atoms with E-state index in [1.54, 1.807) is 0 Å². The molecule has 0 saturated carbocycles. The van der Waals surface area contributed by atoms with Crippen LogP contribution in [0.25, 0.3) is 0 Å². The lowest BCUT2D eigenvalue weighted by Gasteiger charge is -2.43. The van der Waals surface area contributed by atoms with Crippen LogP contribution in [-0.4, -0.2) is 19.1 Å². The molecule has 0 aromatic heterocycles. The lowest BCUT2D eigenvalue weighted by molar-refractivity contribution is -0.120. The van der Waals surface area contributed by atoms with Gasteiger partial charge in [0.1, 0.15) is 5.82 Å². The molecule has 0 radical (unpaired) electrons. The number of nitrogens with zero attached hydrogens (tertiary/aromatic N) is 1. The fourth-order valence-electron chi connectivity index (χ4n) is 1.60. The molecule has 0 spiro atoms. The van der Waals surface area contributed by atoms with Gasteiger partial charge in [0.15, 0.2) is 4.75 Å². The highest BCUT2D eigenvalue weighted by molar-refractivity contribution is 7.98. The molecule has 92 valence electrons. The first-order valence-corrected chi connectivity index (χ1v) is 6.28. The Morgan fingerprint density at radius 1 is 1.35 bits per heavy atom. The summed E-state index contributed by atoms with van der Waals surface area (Å²) in [4.78, 5) is 11.7. The Morgan fingerprint density at radius 2 is 1.94 bits per heavy atom. The lowest BCUT2D eigenvalue weighted by atomic mass is 10.1. The molecule has 0 atom stereocenters. The van der Waals surface area contributed by atoms with E-state index in [2.05, 4.69) is 0 Å². The van der Waals surface area contributed by atoms with Crippen molar-refractivity contribution in [2.24, 2.45) is 0 Å². The molecular weight excluding hydrogens is 247 g/mol. The topological polar surface area (TPSA) is 80.5 Å². The molecule has 7 heteroatoms. The summed E-state index contributed by atoms with van der Waals surface area (Å²) in [5, 5.41) is 0. The minimum absolute atomic E-state index is 0.00396. The van der Waals surface area contributed by atoms with Crippen LogP contribution in [0.1, 0.15) is 13.8 Å². The molecule has 17 heavy (non-hydrogen) atoms. The van der Waals surface area contributed by atoms with Crippen molar-refractivity contribution in [3.8, 4) is 0 Å². The predicted molar refractivity (Wildman–Crippen MR) is 61.3 cm³/mol. The van der Waals surface area contributed by atoms with Crippen molar-refractivity contribution < 1.29 is 17.6 Å². The van der Waals surface area contributed by atoms with Gasteiger partial charge in [0.05, 0.1) is 11.4 Å². The van der Waals surface area contributed by atoms with Crippen LogP contribution in [0.2, 0.25) is 0 Å². The van der Waals surface area contributed by atoms with Crippen LogP contribution >= 0.6 is 0 Å². The quantitative estimate of drug-likeness (QED) is 0.758. The lowest BCUT2D eigenvalue weighted by Crippen LogP contribution is -2.67. The number of sulfonamides is 1. The first kappa shape index (κ1) is 11.8. The number of carbonyl (C=O) groups excluding carboxylic acids is 1. The van der Waals surface area contributed by atoms with E-state index < -0.39 is 26.5 Å². The number of carbonyl (C=O) groups is 1. The van der Waals surface area contributed by atoms with Gasteiger partial charge in [-0.3, -0.25) is 4.79 Å². The van der Waals surface area contributed by atoms with Gasteiger partial charge in [0.25, 0.3) is 15.9 Å². The van der Waals surface area contributed by atoms with Crippen molar-refractivity contribution >= 4 is 27.3 Å². The Morgan fingerprint density at radius 3 is 2.41 bits per heavy atom. The highest BCUT2D eigenvalue weighted by Gasteiger charge is 2.61. The van der Waals surface area contributed by atoms with Crippen LogP contribution in [0, 0.1) is 5.82 Å². The van der Waals surface area contributed by atoms with E-state index >= 15 is 0 Å². The third-order valence-corrected chi connectivity index (χ3v) is 5.10. The summed E-state index contributed by atoms with van der Waals surface area (Å²) in [7, 11) is -3.76. The smallest absolute Gasteiger partial charge is 0.263 e. The van der Waals surface area contributed by atoms with E-state index in [0.717, 1.165) is 12.1 Å². The van der Waals surface area contributed by atoms with Crippen molar-refractivity contribution in [3.05, 3.63) is 24.0 Å². The Balaban J connectivity index is 2.55. The van der Waals surface area contributed by atoms with Gasteiger partial charge < -0.3 is 5.73 Å². The van der Waals surface area contributed by atoms with Gasteiger partial charge >= 0.3 is 0 Å². The maximum absolute atomic E-state index is 12.8. The molecule has 1 heterocycles. The first-order chi connectivity index (χ1) is 7.69. The summed E-state index contributed by atoms with van der Waals surface area (Å²) in [5.74, 6) is -1.16. The fraction of sp³-hybridized carbons (Fsp3) is 0.300. The van der Waals surface area contributed by atoms with E-state index in [9.17, 15) is 17.6 Å². The van der Waals surface area contributed by atoms with Gasteiger partial charge in [-0.2, -0.15) is 0 Å². The third-order valence-electron chi connectivity index (χ3n) is 2.79. The number of benzene rings is 1. The zero-order valence-corrected chi connectivity index (χ0v) is 10.1. The number of hydrogen-bond donors (Lipinski definition) is 1. The summed E-state index contributed by atoms with van der Waals surface area (Å²) in [6.45, 7) is 2.64. The minimum atomic E-state index is -3.76. The van der Waals surface area contributed by atoms with E-state index in [4.69, 9.17) is 5.73 Å². The van der Waals surface area contributed by atoms with Gasteiger partial charge in [-0.05, 0) is 32.0 Å². The summed E-state index contributed by atoms with van der Waals surface area (Å²) >= 11 is 0. The molecule has 0 unspecified atom stereocenters. The molecule has 1 amide bonds. The number of rotatable bonds is 1. The number of halogens is 1. The Kier molecular flexibility index (Phi) is 2.22. The summed E-state index contributed by atoms with van der Waals surface area (Å²) in [5.41, 5.74) is 5.42. The van der Waals surface area contributed by atoms with Crippen molar-refractivity contribution in [3.63, 3.8) is 0 Å². The molecule has 5 nitrogen and oxygen atoms in total. The number of amides is 1. The maximum Gasteiger partial charge on any atom is 0.263 e. The summed E-state index contributed by atoms with van der Waals surface area (Å²) in [6.07, 6.45) is 0. The largest absolute Gasteiger partial charge is 0.397 e. The number of nitrogens with two attached hydrogens (primary N) is 1. The van der Waals surface area contributed by atoms with Gasteiger partial charge in [-0.15, -0.1) is 0 Å². The summed E-state index contributed by atoms with van der Waals surface area (Å²) in [6, 6.07) is 3.21. The van der Waals surface area contributed by atoms with Crippen molar-refractivity contribution in [1.29, 1.82) is 0 Å². The van der Waals surface area contributed by atoms with Crippen LogP contribution in [0.5, 0.6) is 0 Å². The molecule has 1 aromatic rings. The molecule has 0 aliphatic carbocycles. The minimum Gasteiger partial charge on any atom is -0.397 e. The standard InChI is InChI=1S/C10H11FN2O3S/c1-10(2)9(14)13(17(10,15)16)8-4-3-6(11)5-7(8)12/h3-5H,12H2,1-2H3. The van der Waals surface area contributed by atoms with E-state index in [-0.39, 0.29) is 11.4 Å². The number of nitrogen functional groups attached to an aromatic ring is 1. The second-order valence-electron chi connectivity index (χ2n) is 4.29. The SMILES string of the molecule is CC1(C)C(=O)N(c2ccc(F)cc2N)S1(=O)=O. The molecular formula is C10H11FN2O3S. The second-order valence-corrected chi connectivity index (χ2v) is 6.62. The predicted octanol–water partition coefficient (Wildman–Crippen LogP) is 0.863. The van der Waals surface area contributed by atoms with Crippen LogP contribution in [-0.2, 0) is 14.8 Å². The third kappa shape index (κ3) is 1.35. The van der Waals surface area contributed by atoms with Crippen LogP contribution in [0.4, 0.5) is 15.8 Å². The number of hydrogen-bond acceptors (Lipinski definition) is 4. The summed E-state index contributed by atoms with van der Waals surface area (Å²) < 4.78 is 35.8. The molecule has 1 aliphatic rings. The van der Waals surface area contributed by atoms with E-state index in [0.29, 0.717) is 4.31 Å². The number of anilines is 2. The molecule has 1 fully saturated rings. The highest BCUT2D eigenvalue weighted by atomic mass is 32.2. The molecule has 2 N–H and O–H groups in total.